The number of carbonyl (C=O) groups is 1. The summed E-state index contributed by atoms with van der Waals surface area (Å²) in [4.78, 5) is 13.7. The van der Waals surface area contributed by atoms with Crippen LogP contribution >= 0.6 is 45.2 Å². The molecule has 0 amide bonds. The molecule has 0 bridgehead atoms. The van der Waals surface area contributed by atoms with E-state index < -0.39 is 0 Å². The zero-order valence-corrected chi connectivity index (χ0v) is 24.4. The first kappa shape index (κ1) is 26.5. The fourth-order valence-electron chi connectivity index (χ4n) is 4.32. The summed E-state index contributed by atoms with van der Waals surface area (Å²) in [5.74, 6) is 1.69. The summed E-state index contributed by atoms with van der Waals surface area (Å²) in [5.41, 5.74) is 2.16. The molecule has 6 heteroatoms. The van der Waals surface area contributed by atoms with Gasteiger partial charge in [0.15, 0.2) is 5.78 Å². The normalized spacial score (nSPS) is 11.8. The molecule has 2 aromatic carbocycles. The summed E-state index contributed by atoms with van der Waals surface area (Å²) < 4.78 is 15.3. The van der Waals surface area contributed by atoms with Crippen molar-refractivity contribution in [2.75, 3.05) is 32.8 Å². The minimum absolute atomic E-state index is 0.0204. The van der Waals surface area contributed by atoms with Crippen LogP contribution in [0.15, 0.2) is 40.8 Å². The van der Waals surface area contributed by atoms with E-state index in [1.54, 1.807) is 0 Å². The number of ether oxygens (including phenoxy) is 1. The Bertz CT molecular complexity index is 1070. The van der Waals surface area contributed by atoms with Crippen molar-refractivity contribution in [1.82, 2.24) is 0 Å². The van der Waals surface area contributed by atoms with Crippen LogP contribution in [-0.4, -0.2) is 43.1 Å². The van der Waals surface area contributed by atoms with Crippen molar-refractivity contribution in [2.24, 2.45) is 0 Å². The van der Waals surface area contributed by atoms with Crippen LogP contribution in [0.5, 0.6) is 5.75 Å². The van der Waals surface area contributed by atoms with Crippen molar-refractivity contribution < 1.29 is 18.4 Å². The van der Waals surface area contributed by atoms with Gasteiger partial charge in [0.2, 0.25) is 0 Å². The van der Waals surface area contributed by atoms with E-state index in [2.05, 4.69) is 72.9 Å². The average molecular weight is 674 g/mol. The van der Waals surface area contributed by atoms with Crippen molar-refractivity contribution >= 4 is 61.9 Å². The predicted octanol–water partition coefficient (Wildman–Crippen LogP) is 7.47. The van der Waals surface area contributed by atoms with Gasteiger partial charge < -0.3 is 13.6 Å². The van der Waals surface area contributed by atoms with Crippen molar-refractivity contribution in [1.29, 1.82) is 0 Å². The van der Waals surface area contributed by atoms with Crippen LogP contribution in [0, 0.1) is 7.14 Å². The summed E-state index contributed by atoms with van der Waals surface area (Å²) in [6, 6.07) is 11.7. The molecule has 1 aromatic heterocycles. The second kappa shape index (κ2) is 12.0. The maximum Gasteiger partial charge on any atom is 0.197 e. The van der Waals surface area contributed by atoms with Crippen LogP contribution in [0.2, 0.25) is 0 Å². The first-order valence-corrected chi connectivity index (χ1v) is 14.1. The summed E-state index contributed by atoms with van der Waals surface area (Å²) in [6.45, 7) is 13.9. The highest BCUT2D eigenvalue weighted by Gasteiger charge is 2.24. The van der Waals surface area contributed by atoms with Crippen LogP contribution in [0.25, 0.3) is 11.0 Å². The van der Waals surface area contributed by atoms with Gasteiger partial charge in [0.25, 0.3) is 0 Å². The molecule has 0 N–H and O–H groups in total. The van der Waals surface area contributed by atoms with Crippen molar-refractivity contribution in [3.05, 3.63) is 60.4 Å². The number of hydrogen-bond donors (Lipinski definition) is 0. The van der Waals surface area contributed by atoms with Gasteiger partial charge in [0.05, 0.1) is 32.3 Å². The maximum atomic E-state index is 13.7. The molecule has 0 atom stereocenters. The van der Waals surface area contributed by atoms with E-state index in [9.17, 15) is 4.79 Å². The number of fused-ring (bicyclic) bond motifs is 1. The van der Waals surface area contributed by atoms with E-state index in [4.69, 9.17) is 9.15 Å². The van der Waals surface area contributed by atoms with Gasteiger partial charge in [0, 0.05) is 17.4 Å². The molecule has 4 nitrogen and oxygen atoms in total. The Morgan fingerprint density at radius 2 is 1.64 bits per heavy atom. The van der Waals surface area contributed by atoms with Crippen LogP contribution in [0.3, 0.4) is 0 Å². The monoisotopic (exact) mass is 674 g/mol. The average Bonchev–Trinajstić information content (AvgIpc) is 3.20. The second-order valence-electron chi connectivity index (χ2n) is 8.46. The van der Waals surface area contributed by atoms with Crippen molar-refractivity contribution in [3.8, 4) is 5.75 Å². The molecule has 3 rings (SSSR count). The molecular formula is C27H34I2NO3+. The van der Waals surface area contributed by atoms with E-state index in [-0.39, 0.29) is 5.78 Å². The molecule has 0 fully saturated rings. The van der Waals surface area contributed by atoms with E-state index in [1.807, 2.05) is 36.4 Å². The first-order chi connectivity index (χ1) is 15.9. The molecule has 1 heterocycles. The van der Waals surface area contributed by atoms with Crippen LogP contribution in [0.1, 0.15) is 62.2 Å². The van der Waals surface area contributed by atoms with E-state index in [1.165, 1.54) is 0 Å². The summed E-state index contributed by atoms with van der Waals surface area (Å²) in [6.07, 6.45) is 2.82. The summed E-state index contributed by atoms with van der Waals surface area (Å²) in [5, 5.41) is 0.895. The third kappa shape index (κ3) is 5.93. The quantitative estimate of drug-likeness (QED) is 0.114. The highest BCUT2D eigenvalue weighted by atomic mass is 127. The second-order valence-corrected chi connectivity index (χ2v) is 10.8. The lowest BCUT2D eigenvalue weighted by Gasteiger charge is -2.35. The van der Waals surface area contributed by atoms with Gasteiger partial charge in [-0.15, -0.1) is 0 Å². The van der Waals surface area contributed by atoms with E-state index in [0.717, 1.165) is 79.5 Å². The number of rotatable bonds is 12. The molecule has 33 heavy (non-hydrogen) atoms. The molecule has 0 aliphatic heterocycles. The standard InChI is InChI=1S/C27H34I2NO3/c1-5-9-13-24-25(20-12-10-11-14-23(20)33-24)26(31)19-17-21(28)27(22(29)18-19)32-16-15-30(6-2,7-3)8-4/h10-12,14,17-18H,5-9,13,15-16H2,1-4H3/q+1. The number of quaternary nitrogens is 1. The molecule has 178 valence electrons. The lowest BCUT2D eigenvalue weighted by atomic mass is 9.98. The number of ketones is 1. The molecule has 3 aromatic rings. The smallest absolute Gasteiger partial charge is 0.197 e. The number of furan rings is 1. The molecule has 0 aliphatic rings. The number of carbonyl (C=O) groups excluding carboxylic acids is 1. The number of nitrogens with zero attached hydrogens (tertiary/aromatic N) is 1. The molecule has 0 unspecified atom stereocenters. The number of halogens is 2. The van der Waals surface area contributed by atoms with Gasteiger partial charge in [-0.1, -0.05) is 31.5 Å². The molecular weight excluding hydrogens is 640 g/mol. The van der Waals surface area contributed by atoms with Crippen molar-refractivity contribution in [3.63, 3.8) is 0 Å². The van der Waals surface area contributed by atoms with Gasteiger partial charge in [-0.3, -0.25) is 4.79 Å². The zero-order chi connectivity index (χ0) is 24.0. The maximum absolute atomic E-state index is 13.7. The Labute approximate surface area is 224 Å². The van der Waals surface area contributed by atoms with Gasteiger partial charge in [-0.05, 0) is 90.6 Å². The third-order valence-electron chi connectivity index (χ3n) is 6.74. The Balaban J connectivity index is 1.87. The number of aryl methyl sites for hydroxylation is 1. The largest absolute Gasteiger partial charge is 0.485 e. The van der Waals surface area contributed by atoms with E-state index >= 15 is 0 Å². The number of hydrogen-bond acceptors (Lipinski definition) is 3. The predicted molar refractivity (Wildman–Crippen MR) is 152 cm³/mol. The van der Waals surface area contributed by atoms with Gasteiger partial charge in [-0.2, -0.15) is 0 Å². The molecule has 0 saturated heterocycles. The number of unbranched alkanes of at least 4 members (excludes halogenated alkanes) is 1. The number of benzene rings is 2. The number of para-hydroxylation sites is 1. The summed E-state index contributed by atoms with van der Waals surface area (Å²) >= 11 is 4.58. The highest BCUT2D eigenvalue weighted by molar-refractivity contribution is 14.1. The summed E-state index contributed by atoms with van der Waals surface area (Å²) in [7, 11) is 0. The topological polar surface area (TPSA) is 39.4 Å². The van der Waals surface area contributed by atoms with Crippen LogP contribution in [0.4, 0.5) is 0 Å². The number of likely N-dealkylation sites (N-methyl/N-ethyl adjacent to an activating group) is 1. The minimum Gasteiger partial charge on any atom is -0.485 e. The Morgan fingerprint density at radius 1 is 1.00 bits per heavy atom. The third-order valence-corrected chi connectivity index (χ3v) is 8.34. The van der Waals surface area contributed by atoms with Crippen LogP contribution in [-0.2, 0) is 6.42 Å². The zero-order valence-electron chi connectivity index (χ0n) is 20.0. The molecule has 0 spiro atoms. The fourth-order valence-corrected chi connectivity index (χ4v) is 6.40. The van der Waals surface area contributed by atoms with Gasteiger partial charge in [0.1, 0.15) is 30.2 Å². The Morgan fingerprint density at radius 3 is 2.24 bits per heavy atom. The lowest BCUT2D eigenvalue weighted by molar-refractivity contribution is -0.923. The minimum atomic E-state index is 0.0204. The van der Waals surface area contributed by atoms with Gasteiger partial charge >= 0.3 is 0 Å². The Kier molecular flexibility index (Phi) is 9.64. The SMILES string of the molecule is CCCCc1oc2ccccc2c1C(=O)c1cc(I)c(OCC[N+](CC)(CC)CC)c(I)c1. The molecule has 0 aliphatic carbocycles. The highest BCUT2D eigenvalue weighted by Crippen LogP contribution is 2.33. The van der Waals surface area contributed by atoms with E-state index in [0.29, 0.717) is 17.7 Å². The fraction of sp³-hybridized carbons (Fsp3) is 0.444. The molecule has 0 saturated carbocycles. The van der Waals surface area contributed by atoms with Crippen LogP contribution < -0.4 is 4.74 Å². The Hall–Kier alpha value is -1.13. The van der Waals surface area contributed by atoms with Crippen molar-refractivity contribution in [2.45, 2.75) is 47.0 Å². The van der Waals surface area contributed by atoms with Gasteiger partial charge in [-0.25, -0.2) is 0 Å². The lowest BCUT2D eigenvalue weighted by Crippen LogP contribution is -2.49. The first-order valence-electron chi connectivity index (χ1n) is 11.9. The molecule has 0 radical (unpaired) electrons.